The quantitative estimate of drug-likeness (QED) is 0.684. The van der Waals surface area contributed by atoms with Crippen LogP contribution in [0.3, 0.4) is 0 Å². The van der Waals surface area contributed by atoms with E-state index in [1.165, 1.54) is 0 Å². The summed E-state index contributed by atoms with van der Waals surface area (Å²) in [5.74, 6) is 1.74. The molecule has 0 aromatic heterocycles. The zero-order chi connectivity index (χ0) is 9.98. The molecular formula is C6H10Cl6. The number of halogens is 6. The van der Waals surface area contributed by atoms with E-state index in [9.17, 15) is 0 Å². The molecule has 0 fully saturated rings. The topological polar surface area (TPSA) is 0 Å². The molecule has 0 aliphatic carbocycles. The summed E-state index contributed by atoms with van der Waals surface area (Å²) < 4.78 is 0. The lowest BCUT2D eigenvalue weighted by Crippen LogP contribution is -1.99. The first-order valence-corrected chi connectivity index (χ1v) is 6.15. The summed E-state index contributed by atoms with van der Waals surface area (Å²) in [6.45, 7) is 0. The molecule has 0 N–H and O–H groups in total. The molecule has 6 heteroatoms. The van der Waals surface area contributed by atoms with Crippen molar-refractivity contribution in [2.45, 2.75) is 10.8 Å². The first-order valence-electron chi connectivity index (χ1n) is 3.14. The molecule has 0 aromatic rings. The van der Waals surface area contributed by atoms with E-state index in [1.54, 1.807) is 0 Å². The zero-order valence-corrected chi connectivity index (χ0v) is 10.8. The second-order valence-corrected chi connectivity index (χ2v) is 4.28. The van der Waals surface area contributed by atoms with Gasteiger partial charge in [-0.1, -0.05) is 0 Å². The Kier molecular flexibility index (Phi) is 17.2. The van der Waals surface area contributed by atoms with Gasteiger partial charge >= 0.3 is 0 Å². The van der Waals surface area contributed by atoms with Crippen molar-refractivity contribution in [3.63, 3.8) is 0 Å². The van der Waals surface area contributed by atoms with E-state index in [-0.39, 0.29) is 10.8 Å². The van der Waals surface area contributed by atoms with Gasteiger partial charge in [-0.05, 0) is 0 Å². The Hall–Kier alpha value is 1.74. The van der Waals surface area contributed by atoms with Gasteiger partial charge in [0.05, 0.1) is 10.8 Å². The van der Waals surface area contributed by atoms with E-state index in [4.69, 9.17) is 69.6 Å². The number of hydrogen-bond acceptors (Lipinski definition) is 0. The van der Waals surface area contributed by atoms with E-state index in [2.05, 4.69) is 0 Å². The van der Waals surface area contributed by atoms with Crippen molar-refractivity contribution in [3.8, 4) is 0 Å². The third-order valence-corrected chi connectivity index (χ3v) is 3.41. The Bertz CT molecular complexity index is 60.4. The van der Waals surface area contributed by atoms with Crippen molar-refractivity contribution < 1.29 is 0 Å². The van der Waals surface area contributed by atoms with Crippen molar-refractivity contribution in [1.82, 2.24) is 0 Å². The predicted octanol–water partition coefficient (Wildman–Crippen LogP) is 4.14. The lowest BCUT2D eigenvalue weighted by molar-refractivity contribution is 1.12. The van der Waals surface area contributed by atoms with Gasteiger partial charge in [-0.2, -0.15) is 0 Å². The summed E-state index contributed by atoms with van der Waals surface area (Å²) in [5.41, 5.74) is 0. The summed E-state index contributed by atoms with van der Waals surface area (Å²) in [4.78, 5) is 0. The highest BCUT2D eigenvalue weighted by molar-refractivity contribution is 6.32. The van der Waals surface area contributed by atoms with Crippen molar-refractivity contribution in [3.05, 3.63) is 0 Å². The van der Waals surface area contributed by atoms with Crippen LogP contribution in [0.1, 0.15) is 0 Å². The molecule has 0 saturated carbocycles. The number of rotatable bonds is 4. The standard InChI is InChI=1S/2C3H5Cl3/c2*4-1-3(6)2-5/h2*3H,1-2H2. The van der Waals surface area contributed by atoms with Crippen LogP contribution < -0.4 is 0 Å². The minimum Gasteiger partial charge on any atom is -0.125 e. The molecule has 0 bridgehead atoms. The fraction of sp³-hybridized carbons (Fsp3) is 1.00. The maximum atomic E-state index is 5.39. The van der Waals surface area contributed by atoms with Gasteiger partial charge in [-0.25, -0.2) is 0 Å². The SMILES string of the molecule is ClCC(Cl)CCl.ClCC(Cl)CCl. The van der Waals surface area contributed by atoms with E-state index < -0.39 is 0 Å². The number of alkyl halides is 6. The Labute approximate surface area is 103 Å². The van der Waals surface area contributed by atoms with E-state index in [0.717, 1.165) is 0 Å². The van der Waals surface area contributed by atoms with Crippen molar-refractivity contribution in [2.24, 2.45) is 0 Å². The fourth-order valence-electron chi connectivity index (χ4n) is 0.0825. The molecule has 0 rings (SSSR count). The molecule has 0 amide bonds. The minimum atomic E-state index is -0.0617. The highest BCUT2D eigenvalue weighted by Gasteiger charge is 1.95. The molecule has 0 heterocycles. The second kappa shape index (κ2) is 12.7. The molecule has 12 heavy (non-hydrogen) atoms. The van der Waals surface area contributed by atoms with Crippen LogP contribution in [0.4, 0.5) is 0 Å². The van der Waals surface area contributed by atoms with Crippen LogP contribution in [0.15, 0.2) is 0 Å². The summed E-state index contributed by atoms with van der Waals surface area (Å²) in [6, 6.07) is 0. The van der Waals surface area contributed by atoms with Gasteiger partial charge < -0.3 is 0 Å². The summed E-state index contributed by atoms with van der Waals surface area (Å²) >= 11 is 31.7. The van der Waals surface area contributed by atoms with Crippen molar-refractivity contribution >= 4 is 69.6 Å². The Morgan fingerprint density at radius 1 is 0.583 bits per heavy atom. The molecule has 0 aliphatic rings. The highest BCUT2D eigenvalue weighted by Crippen LogP contribution is 1.99. The predicted molar refractivity (Wildman–Crippen MR) is 62.2 cm³/mol. The highest BCUT2D eigenvalue weighted by atomic mass is 35.5. The summed E-state index contributed by atoms with van der Waals surface area (Å²) in [6.07, 6.45) is 0. The average Bonchev–Trinajstić information content (AvgIpc) is 2.16. The van der Waals surface area contributed by atoms with Crippen LogP contribution in [0, 0.1) is 0 Å². The normalized spacial score (nSPS) is 10.0. The Morgan fingerprint density at radius 3 is 0.750 bits per heavy atom. The van der Waals surface area contributed by atoms with Gasteiger partial charge in [-0.15, -0.1) is 69.6 Å². The molecule has 0 spiro atoms. The first-order chi connectivity index (χ1) is 5.62. The molecule has 0 unspecified atom stereocenters. The van der Waals surface area contributed by atoms with Crippen LogP contribution in [0.2, 0.25) is 0 Å². The molecule has 0 radical (unpaired) electrons. The van der Waals surface area contributed by atoms with Gasteiger partial charge in [0, 0.05) is 23.5 Å². The molecule has 0 saturated heterocycles. The number of hydrogen-bond donors (Lipinski definition) is 0. The van der Waals surface area contributed by atoms with E-state index in [0.29, 0.717) is 23.5 Å². The molecule has 0 aliphatic heterocycles. The molecule has 0 aromatic carbocycles. The van der Waals surface area contributed by atoms with Crippen LogP contribution in [-0.2, 0) is 0 Å². The van der Waals surface area contributed by atoms with Gasteiger partial charge in [-0.3, -0.25) is 0 Å². The maximum Gasteiger partial charge on any atom is 0.0606 e. The van der Waals surface area contributed by atoms with Crippen LogP contribution in [0.25, 0.3) is 0 Å². The summed E-state index contributed by atoms with van der Waals surface area (Å²) in [5, 5.41) is -0.123. The smallest absolute Gasteiger partial charge is 0.0606 e. The van der Waals surface area contributed by atoms with Gasteiger partial charge in [0.15, 0.2) is 0 Å². The zero-order valence-electron chi connectivity index (χ0n) is 6.25. The Morgan fingerprint density at radius 2 is 0.750 bits per heavy atom. The van der Waals surface area contributed by atoms with Crippen LogP contribution in [-0.4, -0.2) is 34.3 Å². The largest absolute Gasteiger partial charge is 0.125 e. The monoisotopic (exact) mass is 292 g/mol. The van der Waals surface area contributed by atoms with Crippen LogP contribution in [0.5, 0.6) is 0 Å². The van der Waals surface area contributed by atoms with Gasteiger partial charge in [0.2, 0.25) is 0 Å². The molecular weight excluding hydrogens is 285 g/mol. The lowest BCUT2D eigenvalue weighted by atomic mass is 10.6. The fourth-order valence-corrected chi connectivity index (χ4v) is 0.742. The van der Waals surface area contributed by atoms with E-state index >= 15 is 0 Å². The first kappa shape index (κ1) is 16.2. The second-order valence-electron chi connectivity index (χ2n) is 1.81. The minimum absolute atomic E-state index is 0.0617. The van der Waals surface area contributed by atoms with E-state index in [1.807, 2.05) is 0 Å². The third kappa shape index (κ3) is 14.3. The third-order valence-electron chi connectivity index (χ3n) is 0.670. The maximum absolute atomic E-state index is 5.39. The Balaban J connectivity index is 0. The molecule has 0 atom stereocenters. The van der Waals surface area contributed by atoms with Crippen molar-refractivity contribution in [2.75, 3.05) is 23.5 Å². The lowest BCUT2D eigenvalue weighted by Gasteiger charge is -1.92. The summed E-state index contributed by atoms with van der Waals surface area (Å²) in [7, 11) is 0. The van der Waals surface area contributed by atoms with Crippen LogP contribution >= 0.6 is 69.6 Å². The molecule has 0 nitrogen and oxygen atoms in total. The van der Waals surface area contributed by atoms with Crippen molar-refractivity contribution in [1.29, 1.82) is 0 Å². The molecule has 76 valence electrons. The van der Waals surface area contributed by atoms with Gasteiger partial charge in [0.1, 0.15) is 0 Å². The average molecular weight is 295 g/mol. The van der Waals surface area contributed by atoms with Gasteiger partial charge in [0.25, 0.3) is 0 Å².